The van der Waals surface area contributed by atoms with Crippen LogP contribution in [0.5, 0.6) is 5.75 Å². The van der Waals surface area contributed by atoms with Gasteiger partial charge >= 0.3 is 0 Å². The van der Waals surface area contributed by atoms with Crippen LogP contribution in [0.4, 0.5) is 0 Å². The van der Waals surface area contributed by atoms with Gasteiger partial charge < -0.3 is 10.2 Å². The van der Waals surface area contributed by atoms with Crippen molar-refractivity contribution in [2.45, 2.75) is 50.3 Å². The molecule has 0 bridgehead atoms. The second-order valence-electron chi connectivity index (χ2n) is 9.89. The smallest absolute Gasteiger partial charge is 0.257 e. The van der Waals surface area contributed by atoms with E-state index in [-0.39, 0.29) is 10.3 Å². The lowest BCUT2D eigenvalue weighted by Crippen LogP contribution is -2.48. The fraction of sp³-hybridized carbons (Fsp3) is 0.462. The fourth-order valence-corrected chi connectivity index (χ4v) is 7.51. The average molecular weight is 453 g/mol. The Labute approximate surface area is 191 Å². The Balaban J connectivity index is 1.36. The number of hydrazine groups is 1. The summed E-state index contributed by atoms with van der Waals surface area (Å²) in [5.74, 6) is 3.19. The van der Waals surface area contributed by atoms with E-state index in [0.29, 0.717) is 23.7 Å². The number of sulfonamides is 1. The highest BCUT2D eigenvalue weighted by Crippen LogP contribution is 2.61. The van der Waals surface area contributed by atoms with E-state index >= 15 is 0 Å². The van der Waals surface area contributed by atoms with Crippen LogP contribution in [0.2, 0.25) is 0 Å². The molecule has 170 valence electrons. The lowest BCUT2D eigenvalue weighted by atomic mass is 9.52. The minimum atomic E-state index is -3.61. The summed E-state index contributed by atoms with van der Waals surface area (Å²) < 4.78 is 30.9. The van der Waals surface area contributed by atoms with Crippen LogP contribution in [0.25, 0.3) is 0 Å². The van der Waals surface area contributed by atoms with Gasteiger partial charge in [0.2, 0.25) is 0 Å². The molecule has 1 saturated carbocycles. The van der Waals surface area contributed by atoms with Gasteiger partial charge in [-0.2, -0.15) is 0 Å². The molecule has 3 aliphatic rings. The molecule has 5 atom stereocenters. The predicted octanol–water partition coefficient (Wildman–Crippen LogP) is 4.77. The van der Waals surface area contributed by atoms with Gasteiger partial charge in [0.1, 0.15) is 5.75 Å². The number of nitrogens with one attached hydrogen (secondary N) is 2. The molecule has 0 aliphatic heterocycles. The van der Waals surface area contributed by atoms with Crippen LogP contribution in [0.1, 0.15) is 50.2 Å². The van der Waals surface area contributed by atoms with Crippen molar-refractivity contribution in [2.75, 3.05) is 7.11 Å². The number of methoxy groups -OCH3 is 1. The molecule has 32 heavy (non-hydrogen) atoms. The number of benzene rings is 2. The molecule has 2 aromatic carbocycles. The Morgan fingerprint density at radius 2 is 1.91 bits per heavy atom. The van der Waals surface area contributed by atoms with Crippen molar-refractivity contribution in [1.82, 2.24) is 10.3 Å². The molecule has 0 amide bonds. The largest absolute Gasteiger partial charge is 0.497 e. The van der Waals surface area contributed by atoms with Crippen molar-refractivity contribution in [3.8, 4) is 5.75 Å². The molecule has 0 radical (unpaired) electrons. The van der Waals surface area contributed by atoms with Crippen molar-refractivity contribution in [2.24, 2.45) is 23.2 Å². The van der Waals surface area contributed by atoms with Crippen molar-refractivity contribution in [1.29, 1.82) is 0 Å². The number of hydrogen-bond donors (Lipinski definition) is 2. The van der Waals surface area contributed by atoms with Crippen LogP contribution in [-0.2, 0) is 16.4 Å². The van der Waals surface area contributed by atoms with Gasteiger partial charge in [-0.1, -0.05) is 44.2 Å². The van der Waals surface area contributed by atoms with Crippen LogP contribution in [0.15, 0.2) is 65.2 Å². The number of ether oxygens (including phenoxy) is 1. The highest BCUT2D eigenvalue weighted by atomic mass is 32.2. The van der Waals surface area contributed by atoms with E-state index in [2.05, 4.69) is 48.4 Å². The zero-order chi connectivity index (χ0) is 22.5. The summed E-state index contributed by atoms with van der Waals surface area (Å²) in [6, 6.07) is 15.1. The maximum atomic E-state index is 12.7. The Kier molecular flexibility index (Phi) is 5.33. The second-order valence-corrected chi connectivity index (χ2v) is 11.6. The van der Waals surface area contributed by atoms with Crippen molar-refractivity contribution < 1.29 is 13.2 Å². The quantitative estimate of drug-likeness (QED) is 0.641. The zero-order valence-corrected chi connectivity index (χ0v) is 19.8. The number of fused-ring (bicyclic) bond motifs is 5. The van der Waals surface area contributed by atoms with E-state index < -0.39 is 10.0 Å². The van der Waals surface area contributed by atoms with E-state index in [1.807, 2.05) is 6.07 Å². The third-order valence-corrected chi connectivity index (χ3v) is 9.50. The summed E-state index contributed by atoms with van der Waals surface area (Å²) in [5, 5.41) is 0. The predicted molar refractivity (Wildman–Crippen MR) is 126 cm³/mol. The van der Waals surface area contributed by atoms with Gasteiger partial charge in [0.15, 0.2) is 0 Å². The maximum Gasteiger partial charge on any atom is 0.257 e. The van der Waals surface area contributed by atoms with E-state index in [1.165, 1.54) is 11.1 Å². The molecular weight excluding hydrogens is 420 g/mol. The monoisotopic (exact) mass is 452 g/mol. The number of hydrogen-bond acceptors (Lipinski definition) is 4. The maximum absolute atomic E-state index is 12.7. The lowest BCUT2D eigenvalue weighted by Gasteiger charge is -2.52. The fourth-order valence-electron chi connectivity index (χ4n) is 6.63. The van der Waals surface area contributed by atoms with Gasteiger partial charge in [-0.15, -0.1) is 4.83 Å². The molecule has 3 aliphatic carbocycles. The van der Waals surface area contributed by atoms with E-state index in [9.17, 15) is 8.42 Å². The Bertz CT molecular complexity index is 1140. The average Bonchev–Trinajstić information content (AvgIpc) is 3.14. The van der Waals surface area contributed by atoms with Crippen LogP contribution in [0.3, 0.4) is 0 Å². The van der Waals surface area contributed by atoms with Crippen molar-refractivity contribution in [3.63, 3.8) is 0 Å². The lowest BCUT2D eigenvalue weighted by molar-refractivity contribution is 0.0402. The zero-order valence-electron chi connectivity index (χ0n) is 19.0. The van der Waals surface area contributed by atoms with Gasteiger partial charge in [0, 0.05) is 11.1 Å². The molecule has 5 rings (SSSR count). The summed E-state index contributed by atoms with van der Waals surface area (Å²) in [6.07, 6.45) is 6.44. The summed E-state index contributed by atoms with van der Waals surface area (Å²) in [6.45, 7) is 4.70. The third-order valence-electron chi connectivity index (χ3n) is 8.24. The first-order valence-electron chi connectivity index (χ1n) is 11.5. The van der Waals surface area contributed by atoms with Gasteiger partial charge in [-0.25, -0.2) is 8.42 Å². The van der Waals surface area contributed by atoms with Crippen LogP contribution in [0, 0.1) is 23.2 Å². The van der Waals surface area contributed by atoms with Gasteiger partial charge in [0.25, 0.3) is 10.0 Å². The Morgan fingerprint density at radius 3 is 2.66 bits per heavy atom. The minimum absolute atomic E-state index is 0.0430. The van der Waals surface area contributed by atoms with Crippen molar-refractivity contribution >= 4 is 10.0 Å². The number of allylic oxidation sites excluding steroid dienone is 2. The standard InChI is InChI=1S/C26H32N2O3S/c1-17-15-18-16-19(31-3)9-10-21(18)22-13-14-26(2)23(25(17)22)11-12-24(26)27-28-32(29,30)20-7-5-4-6-8-20/h4-10,12,16-17,22-23,25,27-28H,11,13-15H2,1-3H3/t17-,22-,23+,25-,26+/m1/s1. The molecule has 2 aromatic rings. The van der Waals surface area contributed by atoms with Gasteiger partial charge in [0.05, 0.1) is 12.0 Å². The molecule has 0 unspecified atom stereocenters. The first kappa shape index (κ1) is 21.5. The van der Waals surface area contributed by atoms with Crippen LogP contribution >= 0.6 is 0 Å². The third kappa shape index (κ3) is 3.44. The topological polar surface area (TPSA) is 67.4 Å². The molecule has 0 aromatic heterocycles. The summed E-state index contributed by atoms with van der Waals surface area (Å²) in [4.78, 5) is 2.90. The van der Waals surface area contributed by atoms with Gasteiger partial charge in [-0.3, -0.25) is 0 Å². The molecular formula is C26H32N2O3S. The summed E-state index contributed by atoms with van der Waals surface area (Å²) in [5.41, 5.74) is 7.01. The SMILES string of the molecule is COc1ccc2c(c1)C[C@@H](C)[C@@H]1[C@@H]2CC[C@]2(C)C(NNS(=O)(=O)c3ccccc3)=CC[C@@H]12. The molecule has 0 spiro atoms. The van der Waals surface area contributed by atoms with E-state index in [1.54, 1.807) is 31.4 Å². The first-order chi connectivity index (χ1) is 15.3. The van der Waals surface area contributed by atoms with Crippen molar-refractivity contribution in [3.05, 3.63) is 71.4 Å². The molecule has 6 heteroatoms. The Hall–Kier alpha value is -2.31. The molecule has 5 nitrogen and oxygen atoms in total. The summed E-state index contributed by atoms with van der Waals surface area (Å²) in [7, 11) is -1.88. The summed E-state index contributed by atoms with van der Waals surface area (Å²) >= 11 is 0. The van der Waals surface area contributed by atoms with Crippen LogP contribution in [-0.4, -0.2) is 15.5 Å². The van der Waals surface area contributed by atoms with E-state index in [4.69, 9.17) is 4.74 Å². The minimum Gasteiger partial charge on any atom is -0.497 e. The highest BCUT2D eigenvalue weighted by Gasteiger charge is 2.53. The number of rotatable bonds is 5. The first-order valence-corrected chi connectivity index (χ1v) is 13.0. The highest BCUT2D eigenvalue weighted by molar-refractivity contribution is 7.89. The second kappa shape index (κ2) is 7.92. The molecule has 2 N–H and O–H groups in total. The van der Waals surface area contributed by atoms with Gasteiger partial charge in [-0.05, 0) is 84.7 Å². The molecule has 0 saturated heterocycles. The normalized spacial score (nSPS) is 31.2. The Morgan fingerprint density at radius 1 is 1.12 bits per heavy atom. The van der Waals surface area contributed by atoms with E-state index in [0.717, 1.165) is 37.1 Å². The molecule has 0 heterocycles. The van der Waals surface area contributed by atoms with Crippen LogP contribution < -0.4 is 15.0 Å². The molecule has 1 fully saturated rings.